The maximum Gasteiger partial charge on any atom is 0.513 e. The van der Waals surface area contributed by atoms with Gasteiger partial charge in [0.1, 0.15) is 5.56 Å². The number of anilines is 1. The van der Waals surface area contributed by atoms with Gasteiger partial charge in [-0.05, 0) is 25.0 Å². The Bertz CT molecular complexity index is 616. The Labute approximate surface area is 152 Å². The Morgan fingerprint density at radius 1 is 1.00 bits per heavy atom. The van der Waals surface area contributed by atoms with Crippen LogP contribution in [0.25, 0.3) is 0 Å². The van der Waals surface area contributed by atoms with Gasteiger partial charge in [-0.15, -0.1) is 0 Å². The van der Waals surface area contributed by atoms with E-state index in [-0.39, 0.29) is 17.9 Å². The zero-order valence-corrected chi connectivity index (χ0v) is 15.3. The van der Waals surface area contributed by atoms with Crippen molar-refractivity contribution < 1.29 is 33.3 Å². The highest BCUT2D eigenvalue weighted by Gasteiger charge is 2.18. The van der Waals surface area contributed by atoms with Crippen LogP contribution in [0.15, 0.2) is 18.2 Å². The van der Waals surface area contributed by atoms with Crippen molar-refractivity contribution in [1.29, 1.82) is 0 Å². The standard InChI is InChI=1S/C18H25NO7/c1-4-6-10-24-17(21)19-13-8-9-14(16(20)23-3)15(12-13)26-18(22)25-11-7-5-2/h8-9,12H,4-7,10-11H2,1-3H3,(H,19,21). The van der Waals surface area contributed by atoms with E-state index in [0.717, 1.165) is 19.3 Å². The molecule has 0 radical (unpaired) electrons. The lowest BCUT2D eigenvalue weighted by atomic mass is 10.2. The van der Waals surface area contributed by atoms with Gasteiger partial charge in [0.2, 0.25) is 0 Å². The first-order chi connectivity index (χ1) is 12.5. The molecule has 0 aliphatic heterocycles. The fourth-order valence-electron chi connectivity index (χ4n) is 1.85. The molecule has 1 aromatic carbocycles. The van der Waals surface area contributed by atoms with Gasteiger partial charge in [-0.2, -0.15) is 0 Å². The third-order valence-electron chi connectivity index (χ3n) is 3.28. The van der Waals surface area contributed by atoms with Crippen molar-refractivity contribution in [3.8, 4) is 5.75 Å². The van der Waals surface area contributed by atoms with Gasteiger partial charge in [0.15, 0.2) is 5.75 Å². The number of ether oxygens (including phenoxy) is 4. The van der Waals surface area contributed by atoms with Crippen LogP contribution in [0.3, 0.4) is 0 Å². The summed E-state index contributed by atoms with van der Waals surface area (Å²) < 4.78 is 19.7. The van der Waals surface area contributed by atoms with Gasteiger partial charge in [0.25, 0.3) is 0 Å². The van der Waals surface area contributed by atoms with Crippen molar-refractivity contribution in [2.24, 2.45) is 0 Å². The van der Waals surface area contributed by atoms with Crippen LogP contribution in [-0.2, 0) is 14.2 Å². The Hall–Kier alpha value is -2.77. The molecule has 1 N–H and O–H groups in total. The van der Waals surface area contributed by atoms with E-state index in [1.165, 1.54) is 25.3 Å². The summed E-state index contributed by atoms with van der Waals surface area (Å²) >= 11 is 0. The Balaban J connectivity index is 2.84. The molecule has 8 heteroatoms. The molecule has 8 nitrogen and oxygen atoms in total. The molecule has 0 unspecified atom stereocenters. The number of rotatable bonds is 9. The molecule has 0 aliphatic rings. The minimum atomic E-state index is -0.939. The molecular formula is C18H25NO7. The number of benzene rings is 1. The summed E-state index contributed by atoms with van der Waals surface area (Å²) in [6, 6.07) is 4.18. The van der Waals surface area contributed by atoms with Crippen molar-refractivity contribution >= 4 is 23.9 Å². The lowest BCUT2D eigenvalue weighted by Crippen LogP contribution is -2.16. The highest BCUT2D eigenvalue weighted by atomic mass is 16.7. The topological polar surface area (TPSA) is 100 Å². The zero-order valence-electron chi connectivity index (χ0n) is 15.3. The van der Waals surface area contributed by atoms with Crippen LogP contribution in [0, 0.1) is 0 Å². The fourth-order valence-corrected chi connectivity index (χ4v) is 1.85. The van der Waals surface area contributed by atoms with Crippen molar-refractivity contribution in [3.05, 3.63) is 23.8 Å². The van der Waals surface area contributed by atoms with E-state index < -0.39 is 18.2 Å². The highest BCUT2D eigenvalue weighted by Crippen LogP contribution is 2.25. The summed E-state index contributed by atoms with van der Waals surface area (Å²) in [5.74, 6) is -0.761. The van der Waals surface area contributed by atoms with Crippen LogP contribution in [0.2, 0.25) is 0 Å². The fraction of sp³-hybridized carbons (Fsp3) is 0.500. The van der Waals surface area contributed by atoms with E-state index in [4.69, 9.17) is 14.2 Å². The molecule has 0 atom stereocenters. The van der Waals surface area contributed by atoms with E-state index >= 15 is 0 Å². The minimum absolute atomic E-state index is 0.0323. The highest BCUT2D eigenvalue weighted by molar-refractivity contribution is 5.95. The van der Waals surface area contributed by atoms with Gasteiger partial charge in [0.05, 0.1) is 20.3 Å². The Morgan fingerprint density at radius 2 is 1.65 bits per heavy atom. The number of amides is 1. The number of hydrogen-bond acceptors (Lipinski definition) is 7. The predicted molar refractivity (Wildman–Crippen MR) is 94.5 cm³/mol. The molecule has 0 spiro atoms. The van der Waals surface area contributed by atoms with Crippen molar-refractivity contribution in [2.45, 2.75) is 39.5 Å². The number of hydrogen-bond donors (Lipinski definition) is 1. The van der Waals surface area contributed by atoms with Crippen molar-refractivity contribution in [2.75, 3.05) is 25.6 Å². The lowest BCUT2D eigenvalue weighted by molar-refractivity contribution is 0.0594. The molecule has 26 heavy (non-hydrogen) atoms. The second kappa shape index (κ2) is 11.7. The first kappa shape index (κ1) is 21.3. The molecule has 0 fully saturated rings. The second-order valence-electron chi connectivity index (χ2n) is 5.37. The third-order valence-corrected chi connectivity index (χ3v) is 3.28. The molecule has 0 saturated heterocycles. The van der Waals surface area contributed by atoms with E-state index in [1.807, 2.05) is 13.8 Å². The average molecular weight is 367 g/mol. The molecule has 0 bridgehead atoms. The maximum absolute atomic E-state index is 11.8. The summed E-state index contributed by atoms with van der Waals surface area (Å²) in [4.78, 5) is 35.3. The number of carbonyl (C=O) groups excluding carboxylic acids is 3. The summed E-state index contributed by atoms with van der Waals surface area (Å²) in [5.41, 5.74) is 0.334. The largest absolute Gasteiger partial charge is 0.513 e. The molecule has 0 saturated carbocycles. The van der Waals surface area contributed by atoms with Gasteiger partial charge in [-0.1, -0.05) is 26.7 Å². The first-order valence-corrected chi connectivity index (χ1v) is 8.52. The van der Waals surface area contributed by atoms with Crippen molar-refractivity contribution in [1.82, 2.24) is 0 Å². The zero-order chi connectivity index (χ0) is 19.4. The minimum Gasteiger partial charge on any atom is -0.465 e. The second-order valence-corrected chi connectivity index (χ2v) is 5.37. The molecular weight excluding hydrogens is 342 g/mol. The van der Waals surface area contributed by atoms with Gasteiger partial charge in [-0.3, -0.25) is 5.32 Å². The number of methoxy groups -OCH3 is 1. The van der Waals surface area contributed by atoms with Crippen LogP contribution in [-0.4, -0.2) is 38.5 Å². The SMILES string of the molecule is CCCCOC(=O)Nc1ccc(C(=O)OC)c(OC(=O)OCCCC)c1. The molecule has 1 rings (SSSR count). The average Bonchev–Trinajstić information content (AvgIpc) is 2.61. The van der Waals surface area contributed by atoms with E-state index in [1.54, 1.807) is 0 Å². The summed E-state index contributed by atoms with van der Waals surface area (Å²) in [6.07, 6.45) is 1.64. The van der Waals surface area contributed by atoms with Gasteiger partial charge < -0.3 is 18.9 Å². The molecule has 0 aliphatic carbocycles. The maximum atomic E-state index is 11.8. The van der Waals surface area contributed by atoms with Gasteiger partial charge in [-0.25, -0.2) is 14.4 Å². The van der Waals surface area contributed by atoms with Crippen LogP contribution in [0.4, 0.5) is 15.3 Å². The molecule has 144 valence electrons. The third kappa shape index (κ3) is 7.42. The van der Waals surface area contributed by atoms with Crippen LogP contribution >= 0.6 is 0 Å². The summed E-state index contributed by atoms with van der Waals surface area (Å²) in [5, 5.41) is 2.51. The van der Waals surface area contributed by atoms with Gasteiger partial charge >= 0.3 is 18.2 Å². The monoisotopic (exact) mass is 367 g/mol. The van der Waals surface area contributed by atoms with Gasteiger partial charge in [0, 0.05) is 11.8 Å². The number of nitrogens with one attached hydrogen (secondary N) is 1. The number of esters is 1. The smallest absolute Gasteiger partial charge is 0.465 e. The summed E-state index contributed by atoms with van der Waals surface area (Å²) in [7, 11) is 1.21. The van der Waals surface area contributed by atoms with Crippen LogP contribution in [0.5, 0.6) is 5.75 Å². The summed E-state index contributed by atoms with van der Waals surface area (Å²) in [6.45, 7) is 4.45. The first-order valence-electron chi connectivity index (χ1n) is 8.52. The number of unbranched alkanes of at least 4 members (excludes halogenated alkanes) is 2. The predicted octanol–water partition coefficient (Wildman–Crippen LogP) is 4.14. The molecule has 1 amide bonds. The van der Waals surface area contributed by atoms with E-state index in [2.05, 4.69) is 10.1 Å². The molecule has 0 aromatic heterocycles. The normalized spacial score (nSPS) is 9.96. The Morgan fingerprint density at radius 3 is 2.27 bits per heavy atom. The van der Waals surface area contributed by atoms with E-state index in [0.29, 0.717) is 18.7 Å². The lowest BCUT2D eigenvalue weighted by Gasteiger charge is -2.12. The molecule has 0 heterocycles. The Kier molecular flexibility index (Phi) is 9.59. The van der Waals surface area contributed by atoms with E-state index in [9.17, 15) is 14.4 Å². The number of carbonyl (C=O) groups is 3. The van der Waals surface area contributed by atoms with Crippen LogP contribution in [0.1, 0.15) is 49.9 Å². The molecule has 1 aromatic rings. The quantitative estimate of drug-likeness (QED) is 0.303. The van der Waals surface area contributed by atoms with Crippen LogP contribution < -0.4 is 10.1 Å². The van der Waals surface area contributed by atoms with Crippen molar-refractivity contribution in [3.63, 3.8) is 0 Å².